The SMILES string of the molecule is Cc1cc(NC(=O)C2(C(=O)O)CC2)ccc1Br. The van der Waals surface area contributed by atoms with Crippen molar-refractivity contribution in [3.8, 4) is 0 Å². The number of halogens is 1. The van der Waals surface area contributed by atoms with Crippen molar-refractivity contribution in [2.75, 3.05) is 5.32 Å². The number of amides is 1. The second-order valence-corrected chi connectivity index (χ2v) is 5.16. The molecular formula is C12H12BrNO3. The van der Waals surface area contributed by atoms with Crippen LogP contribution in [0.5, 0.6) is 0 Å². The van der Waals surface area contributed by atoms with Gasteiger partial charge >= 0.3 is 5.97 Å². The summed E-state index contributed by atoms with van der Waals surface area (Å²) in [6.45, 7) is 1.91. The first-order chi connectivity index (χ1) is 7.95. The smallest absolute Gasteiger partial charge is 0.319 e. The molecule has 2 N–H and O–H groups in total. The van der Waals surface area contributed by atoms with E-state index in [2.05, 4.69) is 21.2 Å². The molecule has 0 atom stereocenters. The summed E-state index contributed by atoms with van der Waals surface area (Å²) in [5.41, 5.74) is 0.423. The zero-order valence-electron chi connectivity index (χ0n) is 9.29. The van der Waals surface area contributed by atoms with Gasteiger partial charge in [-0.05, 0) is 43.5 Å². The number of carbonyl (C=O) groups excluding carboxylic acids is 1. The van der Waals surface area contributed by atoms with Crippen LogP contribution in [0, 0.1) is 12.3 Å². The standard InChI is InChI=1S/C12H12BrNO3/c1-7-6-8(2-3-9(7)13)14-10(15)12(4-5-12)11(16)17/h2-3,6H,4-5H2,1H3,(H,14,15)(H,16,17). The van der Waals surface area contributed by atoms with Crippen molar-refractivity contribution >= 4 is 33.5 Å². The van der Waals surface area contributed by atoms with E-state index in [1.54, 1.807) is 12.1 Å². The zero-order valence-corrected chi connectivity index (χ0v) is 10.9. The van der Waals surface area contributed by atoms with E-state index < -0.39 is 17.3 Å². The molecule has 1 aromatic carbocycles. The molecule has 4 nitrogen and oxygen atoms in total. The van der Waals surface area contributed by atoms with Crippen LogP contribution >= 0.6 is 15.9 Å². The number of carboxylic acid groups (broad SMARTS) is 1. The molecule has 0 saturated heterocycles. The summed E-state index contributed by atoms with van der Waals surface area (Å²) >= 11 is 3.36. The first-order valence-electron chi connectivity index (χ1n) is 5.27. The van der Waals surface area contributed by atoms with E-state index in [1.165, 1.54) is 0 Å². The van der Waals surface area contributed by atoms with Gasteiger partial charge in [-0.2, -0.15) is 0 Å². The molecule has 2 rings (SSSR count). The molecule has 0 spiro atoms. The maximum Gasteiger partial charge on any atom is 0.319 e. The Hall–Kier alpha value is -1.36. The number of hydrogen-bond acceptors (Lipinski definition) is 2. The Balaban J connectivity index is 2.14. The normalized spacial score (nSPS) is 16.4. The first-order valence-corrected chi connectivity index (χ1v) is 6.06. The second kappa shape index (κ2) is 4.14. The Labute approximate surface area is 107 Å². The van der Waals surface area contributed by atoms with Crippen molar-refractivity contribution in [1.29, 1.82) is 0 Å². The molecule has 1 saturated carbocycles. The van der Waals surface area contributed by atoms with Gasteiger partial charge in [-0.3, -0.25) is 9.59 Å². The lowest BCUT2D eigenvalue weighted by atomic mass is 10.1. The van der Waals surface area contributed by atoms with Gasteiger partial charge in [0.25, 0.3) is 0 Å². The Morgan fingerprint density at radius 3 is 2.53 bits per heavy atom. The monoisotopic (exact) mass is 297 g/mol. The van der Waals surface area contributed by atoms with E-state index in [1.807, 2.05) is 13.0 Å². The summed E-state index contributed by atoms with van der Waals surface area (Å²) in [4.78, 5) is 22.8. The first kappa shape index (κ1) is 12.1. The highest BCUT2D eigenvalue weighted by atomic mass is 79.9. The third-order valence-electron chi connectivity index (χ3n) is 3.01. The number of rotatable bonds is 3. The fourth-order valence-electron chi connectivity index (χ4n) is 1.64. The fraction of sp³-hybridized carbons (Fsp3) is 0.333. The fourth-order valence-corrected chi connectivity index (χ4v) is 1.88. The van der Waals surface area contributed by atoms with E-state index in [0.29, 0.717) is 18.5 Å². The molecule has 1 amide bonds. The summed E-state index contributed by atoms with van der Waals surface area (Å²) in [6, 6.07) is 5.37. The van der Waals surface area contributed by atoms with E-state index in [9.17, 15) is 9.59 Å². The van der Waals surface area contributed by atoms with Crippen molar-refractivity contribution in [3.05, 3.63) is 28.2 Å². The number of carboxylic acids is 1. The molecule has 1 fully saturated rings. The van der Waals surface area contributed by atoms with Gasteiger partial charge in [0.05, 0.1) is 0 Å². The molecule has 0 unspecified atom stereocenters. The van der Waals surface area contributed by atoms with Crippen LogP contribution in [0.15, 0.2) is 22.7 Å². The lowest BCUT2D eigenvalue weighted by Crippen LogP contribution is -2.31. The van der Waals surface area contributed by atoms with Crippen LogP contribution in [0.4, 0.5) is 5.69 Å². The van der Waals surface area contributed by atoms with Crippen LogP contribution in [0.1, 0.15) is 18.4 Å². The molecule has 0 heterocycles. The van der Waals surface area contributed by atoms with Crippen molar-refractivity contribution in [1.82, 2.24) is 0 Å². The van der Waals surface area contributed by atoms with Gasteiger partial charge in [0.15, 0.2) is 0 Å². The van der Waals surface area contributed by atoms with Crippen LogP contribution in [-0.4, -0.2) is 17.0 Å². The minimum Gasteiger partial charge on any atom is -0.480 e. The highest BCUT2D eigenvalue weighted by molar-refractivity contribution is 9.10. The number of carbonyl (C=O) groups is 2. The Bertz CT molecular complexity index is 495. The van der Waals surface area contributed by atoms with E-state index in [0.717, 1.165) is 10.0 Å². The van der Waals surface area contributed by atoms with Gasteiger partial charge in [0.1, 0.15) is 5.41 Å². The largest absolute Gasteiger partial charge is 0.480 e. The zero-order chi connectivity index (χ0) is 12.6. The van der Waals surface area contributed by atoms with Crippen LogP contribution in [0.2, 0.25) is 0 Å². The van der Waals surface area contributed by atoms with Crippen LogP contribution in [0.25, 0.3) is 0 Å². The van der Waals surface area contributed by atoms with Gasteiger partial charge in [-0.1, -0.05) is 15.9 Å². The highest BCUT2D eigenvalue weighted by Gasteiger charge is 2.57. The molecule has 0 bridgehead atoms. The second-order valence-electron chi connectivity index (χ2n) is 4.31. The number of aliphatic carboxylic acids is 1. The topological polar surface area (TPSA) is 66.4 Å². The predicted octanol–water partition coefficient (Wildman–Crippen LogP) is 2.56. The molecule has 90 valence electrons. The predicted molar refractivity (Wildman–Crippen MR) is 66.8 cm³/mol. The maximum atomic E-state index is 11.8. The third-order valence-corrected chi connectivity index (χ3v) is 3.90. The number of benzene rings is 1. The Kier molecular flexibility index (Phi) is 2.95. The van der Waals surface area contributed by atoms with Gasteiger partial charge in [-0.25, -0.2) is 0 Å². The van der Waals surface area contributed by atoms with Gasteiger partial charge in [-0.15, -0.1) is 0 Å². The maximum absolute atomic E-state index is 11.8. The number of nitrogens with one attached hydrogen (secondary N) is 1. The quantitative estimate of drug-likeness (QED) is 0.843. The van der Waals surface area contributed by atoms with Crippen LogP contribution < -0.4 is 5.32 Å². The van der Waals surface area contributed by atoms with Crippen molar-refractivity contribution < 1.29 is 14.7 Å². The average Bonchev–Trinajstić information content (AvgIpc) is 3.04. The van der Waals surface area contributed by atoms with Gasteiger partial charge in [0, 0.05) is 10.2 Å². The molecule has 0 aromatic heterocycles. The van der Waals surface area contributed by atoms with Crippen LogP contribution in [-0.2, 0) is 9.59 Å². The van der Waals surface area contributed by atoms with Gasteiger partial charge in [0.2, 0.25) is 5.91 Å². The molecule has 0 aliphatic heterocycles. The van der Waals surface area contributed by atoms with E-state index in [4.69, 9.17) is 5.11 Å². The summed E-state index contributed by atoms with van der Waals surface area (Å²) in [6.07, 6.45) is 0.841. The van der Waals surface area contributed by atoms with Crippen LogP contribution in [0.3, 0.4) is 0 Å². The summed E-state index contributed by atoms with van der Waals surface area (Å²) in [7, 11) is 0. The van der Waals surface area contributed by atoms with Crippen molar-refractivity contribution in [2.24, 2.45) is 5.41 Å². The minimum atomic E-state index is -1.19. The highest BCUT2D eigenvalue weighted by Crippen LogP contribution is 2.46. The third kappa shape index (κ3) is 2.20. The molecule has 5 heteroatoms. The van der Waals surface area contributed by atoms with Crippen molar-refractivity contribution in [3.63, 3.8) is 0 Å². The molecular weight excluding hydrogens is 286 g/mol. The minimum absolute atomic E-state index is 0.420. The van der Waals surface area contributed by atoms with E-state index >= 15 is 0 Å². The summed E-state index contributed by atoms with van der Waals surface area (Å²) in [5.74, 6) is -1.46. The molecule has 1 aliphatic carbocycles. The number of hydrogen-bond donors (Lipinski definition) is 2. The lowest BCUT2D eigenvalue weighted by Gasteiger charge is -2.11. The number of anilines is 1. The van der Waals surface area contributed by atoms with Gasteiger partial charge < -0.3 is 10.4 Å². The molecule has 0 radical (unpaired) electrons. The lowest BCUT2D eigenvalue weighted by molar-refractivity contribution is -0.147. The Morgan fingerprint density at radius 1 is 1.41 bits per heavy atom. The van der Waals surface area contributed by atoms with E-state index in [-0.39, 0.29) is 0 Å². The number of aryl methyl sites for hydroxylation is 1. The van der Waals surface area contributed by atoms with Crippen molar-refractivity contribution in [2.45, 2.75) is 19.8 Å². The average molecular weight is 298 g/mol. The molecule has 17 heavy (non-hydrogen) atoms. The summed E-state index contributed by atoms with van der Waals surface area (Å²) in [5, 5.41) is 11.6. The molecule has 1 aliphatic rings. The molecule has 1 aromatic rings. The Morgan fingerprint density at radius 2 is 2.06 bits per heavy atom. The summed E-state index contributed by atoms with van der Waals surface area (Å²) < 4.78 is 0.954.